The molecule has 29 heavy (non-hydrogen) atoms. The average Bonchev–Trinajstić information content (AvgIpc) is 3.21. The molecule has 146 valence electrons. The first-order chi connectivity index (χ1) is 14.2. The Balaban J connectivity index is 1.64. The van der Waals surface area contributed by atoms with Crippen LogP contribution >= 0.6 is 0 Å². The summed E-state index contributed by atoms with van der Waals surface area (Å²) in [6.45, 7) is 0. The van der Waals surface area contributed by atoms with Gasteiger partial charge in [-0.3, -0.25) is 4.98 Å². The number of rotatable bonds is 3. The number of hydrazone groups is 1. The van der Waals surface area contributed by atoms with E-state index < -0.39 is 17.9 Å². The van der Waals surface area contributed by atoms with E-state index in [0.29, 0.717) is 23.5 Å². The Labute approximate surface area is 166 Å². The second kappa shape index (κ2) is 6.84. The van der Waals surface area contributed by atoms with Crippen molar-refractivity contribution in [3.05, 3.63) is 89.2 Å². The largest absolute Gasteiger partial charge is 0.493 e. The summed E-state index contributed by atoms with van der Waals surface area (Å²) in [7, 11) is 1.57. The Hall–Kier alpha value is -3.48. The topological polar surface area (TPSA) is 47.0 Å². The summed E-state index contributed by atoms with van der Waals surface area (Å²) in [6, 6.07) is 13.1. The lowest BCUT2D eigenvalue weighted by molar-refractivity contribution is -0.0211. The predicted molar refractivity (Wildman–Crippen MR) is 103 cm³/mol. The number of hydrogen-bond donors (Lipinski definition) is 0. The minimum absolute atomic E-state index is 0.123. The van der Waals surface area contributed by atoms with Gasteiger partial charge in [0, 0.05) is 35.5 Å². The van der Waals surface area contributed by atoms with E-state index >= 15 is 0 Å². The number of aromatic nitrogens is 1. The fourth-order valence-electron chi connectivity index (χ4n) is 3.84. The van der Waals surface area contributed by atoms with Gasteiger partial charge < -0.3 is 9.47 Å². The van der Waals surface area contributed by atoms with E-state index in [2.05, 4.69) is 4.98 Å². The third-order valence-corrected chi connectivity index (χ3v) is 5.22. The van der Waals surface area contributed by atoms with Crippen molar-refractivity contribution >= 4 is 5.71 Å². The normalized spacial score (nSPS) is 19.8. The zero-order valence-corrected chi connectivity index (χ0v) is 15.5. The van der Waals surface area contributed by atoms with Gasteiger partial charge in [0.15, 0.2) is 23.1 Å². The Morgan fingerprint density at radius 2 is 2.00 bits per heavy atom. The Kier molecular flexibility index (Phi) is 4.16. The van der Waals surface area contributed by atoms with Gasteiger partial charge in [-0.1, -0.05) is 24.3 Å². The van der Waals surface area contributed by atoms with E-state index in [1.165, 1.54) is 6.07 Å². The maximum Gasteiger partial charge on any atom is 0.214 e. The molecule has 0 aliphatic carbocycles. The van der Waals surface area contributed by atoms with Crippen molar-refractivity contribution in [2.75, 3.05) is 7.11 Å². The molecule has 1 aromatic heterocycles. The summed E-state index contributed by atoms with van der Waals surface area (Å²) < 4.78 is 39.1. The highest BCUT2D eigenvalue weighted by Crippen LogP contribution is 2.50. The summed E-state index contributed by atoms with van der Waals surface area (Å²) in [5.41, 5.74) is 3.18. The maximum absolute atomic E-state index is 13.9. The maximum atomic E-state index is 13.9. The molecule has 0 amide bonds. The highest BCUT2D eigenvalue weighted by molar-refractivity contribution is 6.01. The summed E-state index contributed by atoms with van der Waals surface area (Å²) >= 11 is 0. The smallest absolute Gasteiger partial charge is 0.214 e. The number of methoxy groups -OCH3 is 1. The number of ether oxygens (including phenoxy) is 2. The first-order valence-corrected chi connectivity index (χ1v) is 9.20. The molecule has 3 aromatic rings. The van der Waals surface area contributed by atoms with Crippen LogP contribution in [0.15, 0.2) is 66.0 Å². The monoisotopic (exact) mass is 393 g/mol. The van der Waals surface area contributed by atoms with Crippen LogP contribution in [0.4, 0.5) is 8.78 Å². The average molecular weight is 393 g/mol. The molecular formula is C22H17F2N3O2. The summed E-state index contributed by atoms with van der Waals surface area (Å²) in [4.78, 5) is 4.17. The molecule has 0 saturated carbocycles. The van der Waals surface area contributed by atoms with Crippen molar-refractivity contribution in [2.24, 2.45) is 5.10 Å². The number of hydrogen-bond acceptors (Lipinski definition) is 5. The minimum atomic E-state index is -0.927. The van der Waals surface area contributed by atoms with E-state index in [-0.39, 0.29) is 6.04 Å². The lowest BCUT2D eigenvalue weighted by atomic mass is 9.96. The molecule has 5 rings (SSSR count). The SMILES string of the molecule is COc1cccc2c1O[C@H](c1ccc(F)c(F)c1)N1N=C(c3cccnc3)C[C@H]21. The summed E-state index contributed by atoms with van der Waals surface area (Å²) in [6.07, 6.45) is 3.39. The van der Waals surface area contributed by atoms with Crippen LogP contribution in [0.25, 0.3) is 0 Å². The standard InChI is InChI=1S/C22H17F2N3O2/c1-28-20-6-2-5-15-19-11-18(14-4-3-9-25-12-14)26-27(19)22(29-21(15)20)13-7-8-16(23)17(24)10-13/h2-10,12,19,22H,11H2,1H3/t19-,22-/m1/s1. The van der Waals surface area contributed by atoms with Crippen LogP contribution in [-0.4, -0.2) is 22.8 Å². The first kappa shape index (κ1) is 17.6. The van der Waals surface area contributed by atoms with Crippen LogP contribution in [0, 0.1) is 11.6 Å². The number of nitrogens with zero attached hydrogens (tertiary/aromatic N) is 3. The molecule has 5 nitrogen and oxygen atoms in total. The van der Waals surface area contributed by atoms with Gasteiger partial charge in [0.2, 0.25) is 6.23 Å². The van der Waals surface area contributed by atoms with Gasteiger partial charge in [0.1, 0.15) is 0 Å². The van der Waals surface area contributed by atoms with Gasteiger partial charge in [-0.2, -0.15) is 5.10 Å². The van der Waals surface area contributed by atoms with Crippen LogP contribution in [0.1, 0.15) is 35.4 Å². The van der Waals surface area contributed by atoms with Crippen molar-refractivity contribution in [1.82, 2.24) is 9.99 Å². The molecule has 0 fully saturated rings. The van der Waals surface area contributed by atoms with Gasteiger partial charge in [0.05, 0.1) is 18.9 Å². The van der Waals surface area contributed by atoms with E-state index in [9.17, 15) is 8.78 Å². The van der Waals surface area contributed by atoms with Crippen molar-refractivity contribution in [2.45, 2.75) is 18.7 Å². The Bertz CT molecular complexity index is 1100. The highest BCUT2D eigenvalue weighted by atomic mass is 19.2. The van der Waals surface area contributed by atoms with E-state index in [4.69, 9.17) is 14.6 Å². The third-order valence-electron chi connectivity index (χ3n) is 5.22. The summed E-state index contributed by atoms with van der Waals surface area (Å²) in [5, 5.41) is 6.57. The molecule has 3 heterocycles. The minimum Gasteiger partial charge on any atom is -0.493 e. The summed E-state index contributed by atoms with van der Waals surface area (Å²) in [5.74, 6) is -0.651. The zero-order valence-electron chi connectivity index (χ0n) is 15.5. The molecule has 0 radical (unpaired) electrons. The van der Waals surface area contributed by atoms with E-state index in [0.717, 1.165) is 29.0 Å². The quantitative estimate of drug-likeness (QED) is 0.652. The number of pyridine rings is 1. The lowest BCUT2D eigenvalue weighted by Crippen LogP contribution is -2.34. The fourth-order valence-corrected chi connectivity index (χ4v) is 3.84. The van der Waals surface area contributed by atoms with Crippen LogP contribution < -0.4 is 9.47 Å². The number of fused-ring (bicyclic) bond motifs is 3. The van der Waals surface area contributed by atoms with Crippen LogP contribution in [0.3, 0.4) is 0 Å². The molecule has 2 atom stereocenters. The van der Waals surface area contributed by atoms with E-state index in [1.54, 1.807) is 24.5 Å². The van der Waals surface area contributed by atoms with Crippen molar-refractivity contribution in [1.29, 1.82) is 0 Å². The molecule has 0 spiro atoms. The first-order valence-electron chi connectivity index (χ1n) is 9.20. The van der Waals surface area contributed by atoms with Crippen molar-refractivity contribution in [3.8, 4) is 11.5 Å². The van der Waals surface area contributed by atoms with Gasteiger partial charge in [0.25, 0.3) is 0 Å². The second-order valence-electron chi connectivity index (χ2n) is 6.91. The molecule has 7 heteroatoms. The van der Waals surface area contributed by atoms with E-state index in [1.807, 2.05) is 30.3 Å². The number of para-hydroxylation sites is 1. The predicted octanol–water partition coefficient (Wildman–Crippen LogP) is 4.61. The third kappa shape index (κ3) is 2.90. The van der Waals surface area contributed by atoms with Gasteiger partial charge in [-0.05, 0) is 24.3 Å². The molecule has 2 aliphatic rings. The molecule has 0 unspecified atom stereocenters. The second-order valence-corrected chi connectivity index (χ2v) is 6.91. The number of halogens is 2. The molecule has 2 aromatic carbocycles. The van der Waals surface area contributed by atoms with Crippen molar-refractivity contribution < 1.29 is 18.3 Å². The highest BCUT2D eigenvalue weighted by Gasteiger charge is 2.42. The van der Waals surface area contributed by atoms with Gasteiger partial charge in [-0.25, -0.2) is 13.8 Å². The molecular weight excluding hydrogens is 376 g/mol. The molecule has 2 aliphatic heterocycles. The van der Waals surface area contributed by atoms with Crippen LogP contribution in [-0.2, 0) is 0 Å². The van der Waals surface area contributed by atoms with Gasteiger partial charge >= 0.3 is 0 Å². The fraction of sp³-hybridized carbons (Fsp3) is 0.182. The molecule has 0 N–H and O–H groups in total. The Morgan fingerprint density at radius 3 is 2.76 bits per heavy atom. The Morgan fingerprint density at radius 1 is 1.10 bits per heavy atom. The zero-order chi connectivity index (χ0) is 20.0. The van der Waals surface area contributed by atoms with Crippen molar-refractivity contribution in [3.63, 3.8) is 0 Å². The number of benzene rings is 2. The molecule has 0 bridgehead atoms. The van der Waals surface area contributed by atoms with Crippen LogP contribution in [0.5, 0.6) is 11.5 Å². The van der Waals surface area contributed by atoms with Gasteiger partial charge in [-0.15, -0.1) is 0 Å². The molecule has 0 saturated heterocycles. The lowest BCUT2D eigenvalue weighted by Gasteiger charge is -2.38. The van der Waals surface area contributed by atoms with Crippen LogP contribution in [0.2, 0.25) is 0 Å².